The number of carbonyl (C=O) groups excluding carboxylic acids is 1. The van der Waals surface area contributed by atoms with E-state index in [1.165, 1.54) is 12.1 Å². The molecule has 0 radical (unpaired) electrons. The second-order valence-electron chi connectivity index (χ2n) is 4.26. The van der Waals surface area contributed by atoms with Crippen molar-refractivity contribution >= 4 is 27.5 Å². The van der Waals surface area contributed by atoms with Gasteiger partial charge in [0.15, 0.2) is 0 Å². The summed E-state index contributed by atoms with van der Waals surface area (Å²) in [4.78, 5) is 13.6. The van der Waals surface area contributed by atoms with Gasteiger partial charge in [-0.05, 0) is 40.5 Å². The molecule has 0 saturated carbocycles. The maximum absolute atomic E-state index is 13.2. The molecule has 0 aliphatic carbocycles. The summed E-state index contributed by atoms with van der Waals surface area (Å²) < 4.78 is 13.8. The zero-order chi connectivity index (χ0) is 12.6. The van der Waals surface area contributed by atoms with Gasteiger partial charge in [0.1, 0.15) is 5.82 Å². The standard InChI is InChI=1S/C13H13BrFNO/c1-3-9-5-12(17)16(7-9)13-8(2)4-10(15)6-11(13)14/h3-4,6,9H,1,5,7H2,2H3. The minimum atomic E-state index is -0.301. The summed E-state index contributed by atoms with van der Waals surface area (Å²) in [6.45, 7) is 6.14. The monoisotopic (exact) mass is 297 g/mol. The summed E-state index contributed by atoms with van der Waals surface area (Å²) in [7, 11) is 0. The summed E-state index contributed by atoms with van der Waals surface area (Å²) in [6, 6.07) is 2.82. The molecule has 1 aliphatic rings. The van der Waals surface area contributed by atoms with E-state index in [1.54, 1.807) is 17.9 Å². The molecule has 1 aliphatic heterocycles. The number of benzene rings is 1. The Bertz CT molecular complexity index is 463. The van der Waals surface area contributed by atoms with Crippen molar-refractivity contribution in [2.45, 2.75) is 13.3 Å². The molecule has 2 rings (SSSR count). The van der Waals surface area contributed by atoms with E-state index in [0.29, 0.717) is 17.4 Å². The second-order valence-corrected chi connectivity index (χ2v) is 5.11. The van der Waals surface area contributed by atoms with Crippen LogP contribution < -0.4 is 4.90 Å². The molecule has 1 aromatic rings. The molecule has 1 heterocycles. The topological polar surface area (TPSA) is 20.3 Å². The van der Waals surface area contributed by atoms with Crippen LogP contribution in [-0.4, -0.2) is 12.5 Å². The largest absolute Gasteiger partial charge is 0.310 e. The zero-order valence-electron chi connectivity index (χ0n) is 9.54. The summed E-state index contributed by atoms with van der Waals surface area (Å²) in [5.74, 6) is -0.0609. The number of amides is 1. The van der Waals surface area contributed by atoms with Crippen molar-refractivity contribution in [1.29, 1.82) is 0 Å². The van der Waals surface area contributed by atoms with Gasteiger partial charge in [0, 0.05) is 23.4 Å². The number of nitrogens with zero attached hydrogens (tertiary/aromatic N) is 1. The lowest BCUT2D eigenvalue weighted by Crippen LogP contribution is -2.25. The average Bonchev–Trinajstić information content (AvgIpc) is 2.59. The Balaban J connectivity index is 2.41. The second kappa shape index (κ2) is 4.61. The SMILES string of the molecule is C=CC1CC(=O)N(c2c(C)cc(F)cc2Br)C1. The molecule has 17 heavy (non-hydrogen) atoms. The Morgan fingerprint density at radius 2 is 2.29 bits per heavy atom. The lowest BCUT2D eigenvalue weighted by Gasteiger charge is -2.20. The van der Waals surface area contributed by atoms with Crippen LogP contribution in [0.5, 0.6) is 0 Å². The number of rotatable bonds is 2. The van der Waals surface area contributed by atoms with E-state index >= 15 is 0 Å². The van der Waals surface area contributed by atoms with Crippen molar-refractivity contribution in [2.75, 3.05) is 11.4 Å². The number of hydrogen-bond acceptors (Lipinski definition) is 1. The Morgan fingerprint density at radius 3 is 2.82 bits per heavy atom. The van der Waals surface area contributed by atoms with Gasteiger partial charge in [-0.3, -0.25) is 4.79 Å². The fourth-order valence-corrected chi connectivity index (χ4v) is 2.89. The van der Waals surface area contributed by atoms with Gasteiger partial charge in [-0.25, -0.2) is 4.39 Å². The Hall–Kier alpha value is -1.16. The van der Waals surface area contributed by atoms with E-state index in [-0.39, 0.29) is 17.6 Å². The van der Waals surface area contributed by atoms with Gasteiger partial charge in [-0.1, -0.05) is 6.08 Å². The number of carbonyl (C=O) groups is 1. The van der Waals surface area contributed by atoms with Gasteiger partial charge in [-0.15, -0.1) is 6.58 Å². The quantitative estimate of drug-likeness (QED) is 0.766. The lowest BCUT2D eigenvalue weighted by molar-refractivity contribution is -0.117. The first-order valence-corrected chi connectivity index (χ1v) is 6.20. The molecule has 1 fully saturated rings. The molecule has 1 atom stereocenters. The van der Waals surface area contributed by atoms with E-state index < -0.39 is 0 Å². The Morgan fingerprint density at radius 1 is 1.59 bits per heavy atom. The van der Waals surface area contributed by atoms with Crippen LogP contribution >= 0.6 is 15.9 Å². The molecule has 1 saturated heterocycles. The van der Waals surface area contributed by atoms with Crippen LogP contribution in [0.25, 0.3) is 0 Å². The van der Waals surface area contributed by atoms with Crippen molar-refractivity contribution in [2.24, 2.45) is 5.92 Å². The van der Waals surface area contributed by atoms with Gasteiger partial charge in [0.05, 0.1) is 5.69 Å². The lowest BCUT2D eigenvalue weighted by atomic mass is 10.1. The Kier molecular flexibility index (Phi) is 3.33. The molecular weight excluding hydrogens is 285 g/mol. The summed E-state index contributed by atoms with van der Waals surface area (Å²) in [5, 5.41) is 0. The van der Waals surface area contributed by atoms with Crippen molar-refractivity contribution in [3.05, 3.63) is 40.6 Å². The average molecular weight is 298 g/mol. The number of aryl methyl sites for hydroxylation is 1. The fraction of sp³-hybridized carbons (Fsp3) is 0.308. The first kappa shape index (κ1) is 12.3. The summed E-state index contributed by atoms with van der Waals surface area (Å²) >= 11 is 3.32. The van der Waals surface area contributed by atoms with E-state index in [4.69, 9.17) is 0 Å². The number of hydrogen-bond donors (Lipinski definition) is 0. The maximum atomic E-state index is 13.2. The smallest absolute Gasteiger partial charge is 0.227 e. The van der Waals surface area contributed by atoms with Gasteiger partial charge in [0.25, 0.3) is 0 Å². The van der Waals surface area contributed by atoms with Crippen LogP contribution in [0.15, 0.2) is 29.3 Å². The number of halogens is 2. The summed E-state index contributed by atoms with van der Waals surface area (Å²) in [5.41, 5.74) is 1.52. The first-order chi connectivity index (χ1) is 8.02. The minimum Gasteiger partial charge on any atom is -0.310 e. The van der Waals surface area contributed by atoms with Crippen LogP contribution in [0.1, 0.15) is 12.0 Å². The van der Waals surface area contributed by atoms with E-state index in [1.807, 2.05) is 0 Å². The third-order valence-corrected chi connectivity index (χ3v) is 3.58. The highest BCUT2D eigenvalue weighted by Gasteiger charge is 2.30. The van der Waals surface area contributed by atoms with Crippen LogP contribution in [-0.2, 0) is 4.79 Å². The van der Waals surface area contributed by atoms with Crippen LogP contribution in [0.4, 0.5) is 10.1 Å². The maximum Gasteiger partial charge on any atom is 0.227 e. The highest BCUT2D eigenvalue weighted by atomic mass is 79.9. The third kappa shape index (κ3) is 2.27. The highest BCUT2D eigenvalue weighted by molar-refractivity contribution is 9.10. The zero-order valence-corrected chi connectivity index (χ0v) is 11.1. The van der Waals surface area contributed by atoms with Crippen molar-refractivity contribution < 1.29 is 9.18 Å². The van der Waals surface area contributed by atoms with E-state index in [2.05, 4.69) is 22.5 Å². The molecule has 0 spiro atoms. The van der Waals surface area contributed by atoms with E-state index in [9.17, 15) is 9.18 Å². The molecule has 0 bridgehead atoms. The molecule has 90 valence electrons. The molecule has 1 unspecified atom stereocenters. The molecule has 0 N–H and O–H groups in total. The fourth-order valence-electron chi connectivity index (χ4n) is 2.15. The molecule has 1 aromatic carbocycles. The minimum absolute atomic E-state index is 0.0605. The van der Waals surface area contributed by atoms with E-state index in [0.717, 1.165) is 11.3 Å². The third-order valence-electron chi connectivity index (χ3n) is 2.98. The van der Waals surface area contributed by atoms with Gasteiger partial charge in [-0.2, -0.15) is 0 Å². The van der Waals surface area contributed by atoms with Crippen LogP contribution in [0.2, 0.25) is 0 Å². The molecule has 0 aromatic heterocycles. The molecule has 4 heteroatoms. The van der Waals surface area contributed by atoms with Crippen LogP contribution in [0.3, 0.4) is 0 Å². The van der Waals surface area contributed by atoms with Crippen molar-refractivity contribution in [3.8, 4) is 0 Å². The highest BCUT2D eigenvalue weighted by Crippen LogP contribution is 2.35. The van der Waals surface area contributed by atoms with Gasteiger partial charge >= 0.3 is 0 Å². The summed E-state index contributed by atoms with van der Waals surface area (Å²) in [6.07, 6.45) is 2.28. The molecule has 1 amide bonds. The number of anilines is 1. The van der Waals surface area contributed by atoms with Gasteiger partial charge < -0.3 is 4.90 Å². The van der Waals surface area contributed by atoms with Crippen LogP contribution in [0, 0.1) is 18.7 Å². The predicted octanol–water partition coefficient (Wildman–Crippen LogP) is 3.44. The normalized spacial score (nSPS) is 19.8. The van der Waals surface area contributed by atoms with Crippen molar-refractivity contribution in [3.63, 3.8) is 0 Å². The van der Waals surface area contributed by atoms with Crippen molar-refractivity contribution in [1.82, 2.24) is 0 Å². The molecular formula is C13H13BrFNO. The van der Waals surface area contributed by atoms with Gasteiger partial charge in [0.2, 0.25) is 5.91 Å². The Labute approximate surface area is 108 Å². The predicted molar refractivity (Wildman–Crippen MR) is 69.5 cm³/mol. The first-order valence-electron chi connectivity index (χ1n) is 5.41. The molecule has 2 nitrogen and oxygen atoms in total.